The number of nitrogen functional groups attached to an aromatic ring is 1. The molecule has 0 atom stereocenters. The van der Waals surface area contributed by atoms with E-state index < -0.39 is 0 Å². The van der Waals surface area contributed by atoms with E-state index in [0.29, 0.717) is 11.9 Å². The first kappa shape index (κ1) is 12.2. The Balaban J connectivity index is 1.85. The first-order valence-corrected chi connectivity index (χ1v) is 6.71. The zero-order chi connectivity index (χ0) is 13.2. The number of pyridine rings is 1. The molecular weight excluding hydrogens is 238 g/mol. The van der Waals surface area contributed by atoms with Gasteiger partial charge in [-0.2, -0.15) is 5.10 Å². The summed E-state index contributed by atoms with van der Waals surface area (Å²) in [4.78, 5) is 4.21. The van der Waals surface area contributed by atoms with Crippen molar-refractivity contribution in [2.45, 2.75) is 25.8 Å². The number of nitrogens with one attached hydrogen (secondary N) is 1. The molecule has 0 radical (unpaired) electrons. The van der Waals surface area contributed by atoms with Gasteiger partial charge in [0, 0.05) is 23.5 Å². The molecule has 5 nitrogen and oxygen atoms in total. The third-order valence-corrected chi connectivity index (χ3v) is 3.74. The maximum absolute atomic E-state index is 5.75. The minimum Gasteiger partial charge on any atom is -0.383 e. The number of piperidine rings is 1. The average molecular weight is 257 g/mol. The molecule has 5 heteroatoms. The molecule has 1 saturated heterocycles. The quantitative estimate of drug-likeness (QED) is 0.860. The topological polar surface area (TPSA) is 68.8 Å². The monoisotopic (exact) mass is 257 g/mol. The van der Waals surface area contributed by atoms with Crippen LogP contribution in [0.2, 0.25) is 0 Å². The number of nitrogens with two attached hydrogens (primary N) is 1. The van der Waals surface area contributed by atoms with Gasteiger partial charge < -0.3 is 11.1 Å². The Morgan fingerprint density at radius 1 is 1.26 bits per heavy atom. The highest BCUT2D eigenvalue weighted by atomic mass is 15.3. The van der Waals surface area contributed by atoms with Crippen LogP contribution in [0.25, 0.3) is 11.1 Å². The summed E-state index contributed by atoms with van der Waals surface area (Å²) in [5, 5.41) is 7.87. The minimum absolute atomic E-state index is 0.512. The largest absolute Gasteiger partial charge is 0.383 e. The third kappa shape index (κ3) is 2.46. The van der Waals surface area contributed by atoms with Crippen molar-refractivity contribution in [3.8, 4) is 11.1 Å². The van der Waals surface area contributed by atoms with Crippen molar-refractivity contribution < 1.29 is 0 Å². The number of hydrogen-bond donors (Lipinski definition) is 2. The summed E-state index contributed by atoms with van der Waals surface area (Å²) in [6.45, 7) is 4.12. The summed E-state index contributed by atoms with van der Waals surface area (Å²) in [5.74, 6) is 0.592. The summed E-state index contributed by atoms with van der Waals surface area (Å²) < 4.78 is 2.09. The molecule has 3 N–H and O–H groups in total. The van der Waals surface area contributed by atoms with Crippen LogP contribution in [-0.2, 0) is 0 Å². The first-order chi connectivity index (χ1) is 9.24. The van der Waals surface area contributed by atoms with Gasteiger partial charge in [-0.3, -0.25) is 4.68 Å². The van der Waals surface area contributed by atoms with Gasteiger partial charge in [0.2, 0.25) is 0 Å². The fraction of sp³-hybridized carbons (Fsp3) is 0.429. The van der Waals surface area contributed by atoms with E-state index in [0.717, 1.165) is 42.6 Å². The minimum atomic E-state index is 0.512. The van der Waals surface area contributed by atoms with Gasteiger partial charge in [0.1, 0.15) is 5.82 Å². The predicted octanol–water partition coefficient (Wildman–Crippen LogP) is 1.76. The van der Waals surface area contributed by atoms with E-state index in [4.69, 9.17) is 5.73 Å². The summed E-state index contributed by atoms with van der Waals surface area (Å²) in [6, 6.07) is 2.57. The van der Waals surface area contributed by atoms with Crippen molar-refractivity contribution >= 4 is 5.82 Å². The third-order valence-electron chi connectivity index (χ3n) is 3.74. The molecule has 19 heavy (non-hydrogen) atoms. The van der Waals surface area contributed by atoms with Crippen LogP contribution in [0.3, 0.4) is 0 Å². The number of nitrogens with zero attached hydrogens (tertiary/aromatic N) is 3. The highest BCUT2D eigenvalue weighted by Crippen LogP contribution is 2.24. The fourth-order valence-electron chi connectivity index (χ4n) is 2.50. The van der Waals surface area contributed by atoms with Crippen molar-refractivity contribution in [2.24, 2.45) is 0 Å². The molecule has 100 valence electrons. The average Bonchev–Trinajstić information content (AvgIpc) is 2.93. The zero-order valence-electron chi connectivity index (χ0n) is 11.1. The summed E-state index contributed by atoms with van der Waals surface area (Å²) in [7, 11) is 0. The fourth-order valence-corrected chi connectivity index (χ4v) is 2.50. The van der Waals surface area contributed by atoms with E-state index in [-0.39, 0.29) is 0 Å². The van der Waals surface area contributed by atoms with E-state index in [1.807, 2.05) is 19.3 Å². The second kappa shape index (κ2) is 5.01. The van der Waals surface area contributed by atoms with Crippen molar-refractivity contribution in [2.75, 3.05) is 18.8 Å². The van der Waals surface area contributed by atoms with Crippen molar-refractivity contribution in [1.82, 2.24) is 20.1 Å². The number of rotatable bonds is 2. The maximum Gasteiger partial charge on any atom is 0.126 e. The molecule has 1 aliphatic rings. The standard InChI is InChI=1S/C14H19N5/c1-10-6-11(7-17-14(10)15)12-8-18-19(9-12)13-2-4-16-5-3-13/h6-9,13,16H,2-5H2,1H3,(H2,15,17). The summed E-state index contributed by atoms with van der Waals surface area (Å²) in [5.41, 5.74) is 8.94. The lowest BCUT2D eigenvalue weighted by Gasteiger charge is -2.22. The smallest absolute Gasteiger partial charge is 0.126 e. The molecular formula is C14H19N5. The lowest BCUT2D eigenvalue weighted by atomic mass is 10.1. The Morgan fingerprint density at radius 2 is 2.05 bits per heavy atom. The van der Waals surface area contributed by atoms with Gasteiger partial charge in [-0.25, -0.2) is 4.98 Å². The van der Waals surface area contributed by atoms with Crippen molar-refractivity contribution in [1.29, 1.82) is 0 Å². The maximum atomic E-state index is 5.75. The molecule has 0 bridgehead atoms. The number of anilines is 1. The molecule has 1 aliphatic heterocycles. The molecule has 0 unspecified atom stereocenters. The molecule has 2 aromatic heterocycles. The van der Waals surface area contributed by atoms with Gasteiger partial charge in [-0.15, -0.1) is 0 Å². The van der Waals surface area contributed by atoms with Crippen LogP contribution in [0, 0.1) is 6.92 Å². The van der Waals surface area contributed by atoms with Gasteiger partial charge >= 0.3 is 0 Å². The summed E-state index contributed by atoms with van der Waals surface area (Å²) in [6.07, 6.45) is 8.11. The molecule has 0 amide bonds. The van der Waals surface area contributed by atoms with Gasteiger partial charge in [0.25, 0.3) is 0 Å². The lowest BCUT2D eigenvalue weighted by Crippen LogP contribution is -2.29. The summed E-state index contributed by atoms with van der Waals surface area (Å²) >= 11 is 0. The molecule has 2 aromatic rings. The van der Waals surface area contributed by atoms with E-state index in [1.54, 1.807) is 0 Å². The zero-order valence-corrected chi connectivity index (χ0v) is 11.1. The van der Waals surface area contributed by atoms with Gasteiger partial charge in [-0.1, -0.05) is 0 Å². The van der Waals surface area contributed by atoms with Crippen LogP contribution in [0.5, 0.6) is 0 Å². The van der Waals surface area contributed by atoms with E-state index in [9.17, 15) is 0 Å². The lowest BCUT2D eigenvalue weighted by molar-refractivity contribution is 0.343. The van der Waals surface area contributed by atoms with E-state index in [2.05, 4.69) is 32.3 Å². The molecule has 3 heterocycles. The predicted molar refractivity (Wildman–Crippen MR) is 75.7 cm³/mol. The molecule has 3 rings (SSSR count). The van der Waals surface area contributed by atoms with Crippen LogP contribution in [-0.4, -0.2) is 27.9 Å². The van der Waals surface area contributed by atoms with Crippen LogP contribution in [0.4, 0.5) is 5.82 Å². The molecule has 0 saturated carbocycles. The Labute approximate surface area is 112 Å². The highest BCUT2D eigenvalue weighted by molar-refractivity contribution is 5.63. The second-order valence-electron chi connectivity index (χ2n) is 5.12. The Morgan fingerprint density at radius 3 is 2.79 bits per heavy atom. The van der Waals surface area contributed by atoms with Crippen LogP contribution in [0.1, 0.15) is 24.4 Å². The molecule has 0 aliphatic carbocycles. The van der Waals surface area contributed by atoms with E-state index >= 15 is 0 Å². The number of aryl methyl sites for hydroxylation is 1. The molecule has 0 aromatic carbocycles. The number of aromatic nitrogens is 3. The van der Waals surface area contributed by atoms with Gasteiger partial charge in [0.15, 0.2) is 0 Å². The Kier molecular flexibility index (Phi) is 3.21. The Bertz CT molecular complexity index is 569. The SMILES string of the molecule is Cc1cc(-c2cnn(C3CCNCC3)c2)cnc1N. The highest BCUT2D eigenvalue weighted by Gasteiger charge is 2.16. The molecule has 0 spiro atoms. The van der Waals surface area contributed by atoms with Crippen LogP contribution >= 0.6 is 0 Å². The second-order valence-corrected chi connectivity index (χ2v) is 5.12. The van der Waals surface area contributed by atoms with Crippen LogP contribution in [0.15, 0.2) is 24.7 Å². The van der Waals surface area contributed by atoms with Crippen molar-refractivity contribution in [3.63, 3.8) is 0 Å². The first-order valence-electron chi connectivity index (χ1n) is 6.71. The normalized spacial score (nSPS) is 16.7. The van der Waals surface area contributed by atoms with Gasteiger partial charge in [-0.05, 0) is 44.5 Å². The van der Waals surface area contributed by atoms with Crippen LogP contribution < -0.4 is 11.1 Å². The van der Waals surface area contributed by atoms with Gasteiger partial charge in [0.05, 0.1) is 12.2 Å². The number of hydrogen-bond acceptors (Lipinski definition) is 4. The van der Waals surface area contributed by atoms with E-state index in [1.165, 1.54) is 0 Å². The van der Waals surface area contributed by atoms with Crippen molar-refractivity contribution in [3.05, 3.63) is 30.2 Å². The Hall–Kier alpha value is -1.88. The molecule has 1 fully saturated rings.